The fraction of sp³-hybridized carbons (Fsp3) is 0.314. The van der Waals surface area contributed by atoms with Gasteiger partial charge in [-0.25, -0.2) is 0 Å². The van der Waals surface area contributed by atoms with Gasteiger partial charge in [0.1, 0.15) is 0 Å². The van der Waals surface area contributed by atoms with Gasteiger partial charge in [-0.3, -0.25) is 0 Å². The lowest BCUT2D eigenvalue weighted by Gasteiger charge is -2.39. The lowest BCUT2D eigenvalue weighted by atomic mass is 9.70. The Morgan fingerprint density at radius 2 is 0.333 bits per heavy atom. The highest BCUT2D eigenvalue weighted by Gasteiger charge is 2.75. The number of hydrogen-bond acceptors (Lipinski definition) is 0. The predicted octanol–water partition coefficient (Wildman–Crippen LogP) is 32.8. The summed E-state index contributed by atoms with van der Waals surface area (Å²) in [4.78, 5) is 0. The van der Waals surface area contributed by atoms with E-state index < -0.39 is 86.7 Å². The molecule has 0 aliphatic heterocycles. The van der Waals surface area contributed by atoms with Crippen LogP contribution in [0.5, 0.6) is 0 Å². The standard InChI is InChI=1S/3C19H18F6.3C16H18/c2*1-11-5-7-15(9-13(11)3)17(18(20,21)22,19(23,24)25)16-8-6-12(2)14(4)10-16;1-11-8-9-15(10-13(11)3)17(18(20,21)22,19(23,24)25)16-7-5-6-12(2)14(16)4;1-11-5-7-15(9-13(11)3)16-8-6-12(2)14(4)10-16;1-11-7-5-9-15(13(11)3)16-10-6-8-12(2)14(16)4;1-11-8-9-15(10-13(11)3)16-7-5-6-12(2)14(16)4/h3*5-10H,1-4H3;3*5-10H,1-4H3. The Balaban J connectivity index is 0.000000205. The maximum atomic E-state index is 14.1. The average Bonchev–Trinajstić information content (AvgIpc) is 0.721. The summed E-state index contributed by atoms with van der Waals surface area (Å²) in [6.45, 7) is 44.5. The minimum absolute atomic E-state index is 0.0182. The normalized spacial score (nSPS) is 12.1. The van der Waals surface area contributed by atoms with Crippen LogP contribution < -0.4 is 0 Å². The summed E-state index contributed by atoms with van der Waals surface area (Å²) < 4.78 is 252. The smallest absolute Gasteiger partial charge is 0.169 e. The van der Waals surface area contributed by atoms with Gasteiger partial charge in [0.25, 0.3) is 0 Å². The summed E-state index contributed by atoms with van der Waals surface area (Å²) in [6, 6.07) is 59.1. The molecule has 654 valence electrons. The Kier molecular flexibility index (Phi) is 31.3. The van der Waals surface area contributed by atoms with E-state index >= 15 is 0 Å². The van der Waals surface area contributed by atoms with Crippen molar-refractivity contribution >= 4 is 0 Å². The topological polar surface area (TPSA) is 0 Å². The zero-order valence-corrected chi connectivity index (χ0v) is 74.1. The summed E-state index contributed by atoms with van der Waals surface area (Å²) >= 11 is 0. The van der Waals surface area contributed by atoms with E-state index in [0.29, 0.717) is 61.2 Å². The van der Waals surface area contributed by atoms with Gasteiger partial charge < -0.3 is 0 Å². The van der Waals surface area contributed by atoms with Crippen LogP contribution in [-0.2, 0) is 16.2 Å². The molecule has 12 aromatic rings. The molecule has 0 heterocycles. The Bertz CT molecular complexity index is 5350. The summed E-state index contributed by atoms with van der Waals surface area (Å²) in [7, 11) is 0. The van der Waals surface area contributed by atoms with Crippen molar-refractivity contribution < 1.29 is 79.0 Å². The van der Waals surface area contributed by atoms with Crippen LogP contribution in [0, 0.1) is 166 Å². The summed E-state index contributed by atoms with van der Waals surface area (Å²) in [5.74, 6) is 0. The van der Waals surface area contributed by atoms with Crippen molar-refractivity contribution in [1.29, 1.82) is 0 Å². The van der Waals surface area contributed by atoms with E-state index in [-0.39, 0.29) is 5.56 Å². The van der Waals surface area contributed by atoms with Gasteiger partial charge in [-0.2, -0.15) is 79.0 Å². The van der Waals surface area contributed by atoms with Gasteiger partial charge >= 0.3 is 37.1 Å². The van der Waals surface area contributed by atoms with Gasteiger partial charge in [-0.05, 0) is 366 Å². The van der Waals surface area contributed by atoms with E-state index in [1.807, 2.05) is 0 Å². The van der Waals surface area contributed by atoms with Crippen LogP contribution in [0.25, 0.3) is 33.4 Å². The zero-order valence-electron chi connectivity index (χ0n) is 74.1. The van der Waals surface area contributed by atoms with E-state index in [4.69, 9.17) is 0 Å². The molecule has 12 rings (SSSR count). The number of halogens is 18. The molecule has 0 amide bonds. The van der Waals surface area contributed by atoms with Gasteiger partial charge in [0.15, 0.2) is 0 Å². The predicted molar refractivity (Wildman–Crippen MR) is 467 cm³/mol. The quantitative estimate of drug-likeness (QED) is 0.126. The number of hydrogen-bond donors (Lipinski definition) is 0. The molecule has 0 aliphatic rings. The van der Waals surface area contributed by atoms with Gasteiger partial charge in [0.05, 0.1) is 0 Å². The van der Waals surface area contributed by atoms with Gasteiger partial charge in [-0.15, -0.1) is 0 Å². The lowest BCUT2D eigenvalue weighted by Crippen LogP contribution is -2.55. The van der Waals surface area contributed by atoms with E-state index in [1.165, 1.54) is 191 Å². The van der Waals surface area contributed by atoms with Gasteiger partial charge in [-0.1, -0.05) is 218 Å². The maximum absolute atomic E-state index is 14.1. The molecule has 0 N–H and O–H groups in total. The van der Waals surface area contributed by atoms with Crippen molar-refractivity contribution in [2.24, 2.45) is 0 Å². The first kappa shape index (κ1) is 99.5. The second-order valence-electron chi connectivity index (χ2n) is 32.6. The first-order valence-electron chi connectivity index (χ1n) is 40.0. The van der Waals surface area contributed by atoms with Crippen molar-refractivity contribution in [3.63, 3.8) is 0 Å². The maximum Gasteiger partial charge on any atom is 0.411 e. The van der Waals surface area contributed by atoms with E-state index in [0.717, 1.165) is 66.7 Å². The Hall–Kier alpha value is -10.6. The molecular weight excluding hydrogens is 1600 g/mol. The van der Waals surface area contributed by atoms with Crippen LogP contribution in [0.4, 0.5) is 79.0 Å². The van der Waals surface area contributed by atoms with Crippen molar-refractivity contribution in [2.75, 3.05) is 0 Å². The Labute approximate surface area is 713 Å². The highest BCUT2D eigenvalue weighted by atomic mass is 19.4. The Morgan fingerprint density at radius 1 is 0.146 bits per heavy atom. The molecule has 0 atom stereocenters. The summed E-state index contributed by atoms with van der Waals surface area (Å²) in [6.07, 6.45) is -33.3. The third kappa shape index (κ3) is 21.1. The number of aryl methyl sites for hydroxylation is 20. The molecule has 0 spiro atoms. The minimum atomic E-state index is -5.55. The summed E-state index contributed by atoms with van der Waals surface area (Å²) in [5, 5.41) is 0. The first-order valence-corrected chi connectivity index (χ1v) is 40.0. The average molecular weight is 1710 g/mol. The van der Waals surface area contributed by atoms with Gasteiger partial charge in [0.2, 0.25) is 16.2 Å². The van der Waals surface area contributed by atoms with Crippen LogP contribution in [0.1, 0.15) is 167 Å². The fourth-order valence-electron chi connectivity index (χ4n) is 14.8. The molecule has 12 aromatic carbocycles. The van der Waals surface area contributed by atoms with Crippen molar-refractivity contribution in [3.8, 4) is 33.4 Å². The summed E-state index contributed by atoms with van der Waals surface area (Å²) in [5.41, 5.74) is 12.7. The molecule has 0 nitrogen and oxygen atoms in total. The van der Waals surface area contributed by atoms with Crippen LogP contribution >= 0.6 is 0 Å². The number of benzene rings is 12. The van der Waals surface area contributed by atoms with E-state index in [1.54, 1.807) is 34.6 Å². The number of alkyl halides is 18. The lowest BCUT2D eigenvalue weighted by molar-refractivity contribution is -0.290. The molecular formula is C105H108F18. The third-order valence-electron chi connectivity index (χ3n) is 24.5. The Morgan fingerprint density at radius 3 is 0.569 bits per heavy atom. The van der Waals surface area contributed by atoms with Crippen molar-refractivity contribution in [3.05, 3.63) is 385 Å². The molecule has 123 heavy (non-hydrogen) atoms. The van der Waals surface area contributed by atoms with E-state index in [2.05, 4.69) is 192 Å². The van der Waals surface area contributed by atoms with Crippen molar-refractivity contribution in [2.45, 2.75) is 219 Å². The molecule has 0 unspecified atom stereocenters. The van der Waals surface area contributed by atoms with Crippen molar-refractivity contribution in [1.82, 2.24) is 0 Å². The molecule has 0 fully saturated rings. The largest absolute Gasteiger partial charge is 0.411 e. The molecule has 0 bridgehead atoms. The van der Waals surface area contributed by atoms with Crippen LogP contribution in [0.3, 0.4) is 0 Å². The SMILES string of the molecule is Cc1ccc(-c2ccc(C)c(C)c2)cc1C.Cc1ccc(-c2cccc(C)c2C)cc1C.Cc1ccc(C(c2ccc(C)c(C)c2)(C(F)(F)F)C(F)(F)F)cc1C.Cc1ccc(C(c2ccc(C)c(C)c2)(C(F)(F)F)C(F)(F)F)cc1C.Cc1ccc(C(c2cccc(C)c2C)(C(F)(F)F)C(F)(F)F)cc1C.Cc1cccc(-c2cccc(C)c2C)c1C. The highest BCUT2D eigenvalue weighted by Crippen LogP contribution is 2.60. The highest BCUT2D eigenvalue weighted by molar-refractivity contribution is 5.73. The minimum Gasteiger partial charge on any atom is -0.169 e. The van der Waals surface area contributed by atoms with E-state index in [9.17, 15) is 79.0 Å². The fourth-order valence-corrected chi connectivity index (χ4v) is 14.8. The van der Waals surface area contributed by atoms with Crippen LogP contribution in [0.15, 0.2) is 218 Å². The molecule has 0 saturated heterocycles. The molecule has 0 saturated carbocycles. The third-order valence-corrected chi connectivity index (χ3v) is 24.5. The van der Waals surface area contributed by atoms with Crippen LogP contribution in [0.2, 0.25) is 0 Å². The monoisotopic (exact) mass is 1710 g/mol. The molecule has 0 aliphatic carbocycles. The molecule has 0 aromatic heterocycles. The molecule has 0 radical (unpaired) electrons. The zero-order chi connectivity index (χ0) is 92.7. The van der Waals surface area contributed by atoms with Gasteiger partial charge in [0, 0.05) is 0 Å². The molecule has 18 heteroatoms. The first-order chi connectivity index (χ1) is 56.8. The second-order valence-corrected chi connectivity index (χ2v) is 32.6. The van der Waals surface area contributed by atoms with Crippen LogP contribution in [-0.4, -0.2) is 37.1 Å². The second kappa shape index (κ2) is 38.6. The number of rotatable bonds is 9.